The Kier molecular flexibility index (Phi) is 5.43. The summed E-state index contributed by atoms with van der Waals surface area (Å²) in [5, 5.41) is 3.04. The first-order valence-electron chi connectivity index (χ1n) is 5.47. The van der Waals surface area contributed by atoms with Crippen LogP contribution in [0.1, 0.15) is 18.5 Å². The summed E-state index contributed by atoms with van der Waals surface area (Å²) in [5.74, 6) is 0.515. The SMILES string of the molecule is CNC(C)c1ccccc1OCOCC(F)(F)F. The largest absolute Gasteiger partial charge is 0.467 e. The molecule has 102 valence electrons. The molecule has 0 aliphatic rings. The Morgan fingerprint density at radius 2 is 1.94 bits per heavy atom. The van der Waals surface area contributed by atoms with Gasteiger partial charge in [-0.1, -0.05) is 18.2 Å². The van der Waals surface area contributed by atoms with Gasteiger partial charge in [0, 0.05) is 11.6 Å². The van der Waals surface area contributed by atoms with Gasteiger partial charge in [0.15, 0.2) is 6.79 Å². The molecule has 0 spiro atoms. The molecule has 6 heteroatoms. The molecule has 1 aromatic carbocycles. The average molecular weight is 263 g/mol. The standard InChI is InChI=1S/C12H16F3NO2/c1-9(16-2)10-5-3-4-6-11(10)18-8-17-7-12(13,14)15/h3-6,9,16H,7-8H2,1-2H3. The minimum Gasteiger partial charge on any atom is -0.467 e. The predicted molar refractivity (Wildman–Crippen MR) is 61.4 cm³/mol. The molecule has 0 aromatic heterocycles. The number of hydrogen-bond acceptors (Lipinski definition) is 3. The highest BCUT2D eigenvalue weighted by atomic mass is 19.4. The number of nitrogens with one attached hydrogen (secondary N) is 1. The molecular weight excluding hydrogens is 247 g/mol. The molecule has 18 heavy (non-hydrogen) atoms. The third kappa shape index (κ3) is 4.93. The maximum absolute atomic E-state index is 11.9. The molecule has 0 aliphatic heterocycles. The minimum atomic E-state index is -4.33. The van der Waals surface area contributed by atoms with Gasteiger partial charge in [0.2, 0.25) is 0 Å². The molecule has 1 unspecified atom stereocenters. The smallest absolute Gasteiger partial charge is 0.411 e. The minimum absolute atomic E-state index is 0.0452. The number of rotatable bonds is 6. The van der Waals surface area contributed by atoms with Crippen LogP contribution in [0, 0.1) is 0 Å². The Morgan fingerprint density at radius 3 is 2.56 bits per heavy atom. The molecule has 0 heterocycles. The number of para-hydroxylation sites is 1. The molecule has 0 radical (unpaired) electrons. The second-order valence-corrected chi connectivity index (χ2v) is 3.77. The monoisotopic (exact) mass is 263 g/mol. The van der Waals surface area contributed by atoms with Crippen molar-refractivity contribution in [2.75, 3.05) is 20.4 Å². The molecule has 1 rings (SSSR count). The van der Waals surface area contributed by atoms with Crippen molar-refractivity contribution in [1.29, 1.82) is 0 Å². The number of hydrogen-bond donors (Lipinski definition) is 1. The summed E-state index contributed by atoms with van der Waals surface area (Å²) in [6.45, 7) is 0.197. The fourth-order valence-corrected chi connectivity index (χ4v) is 1.39. The first-order valence-corrected chi connectivity index (χ1v) is 5.47. The highest BCUT2D eigenvalue weighted by Crippen LogP contribution is 2.24. The van der Waals surface area contributed by atoms with Crippen LogP contribution < -0.4 is 10.1 Å². The molecule has 1 atom stereocenters. The second-order valence-electron chi connectivity index (χ2n) is 3.77. The summed E-state index contributed by atoms with van der Waals surface area (Å²) in [7, 11) is 1.79. The normalized spacial score (nSPS) is 13.4. The van der Waals surface area contributed by atoms with Gasteiger partial charge in [-0.2, -0.15) is 13.2 Å². The molecule has 1 aromatic rings. The van der Waals surface area contributed by atoms with Crippen molar-refractivity contribution in [1.82, 2.24) is 5.32 Å². The van der Waals surface area contributed by atoms with Crippen molar-refractivity contribution >= 4 is 0 Å². The zero-order chi connectivity index (χ0) is 13.6. The third-order valence-corrected chi connectivity index (χ3v) is 2.38. The Bertz CT molecular complexity index is 369. The molecule has 0 fully saturated rings. The topological polar surface area (TPSA) is 30.5 Å². The van der Waals surface area contributed by atoms with Crippen LogP contribution in [0.25, 0.3) is 0 Å². The van der Waals surface area contributed by atoms with Gasteiger partial charge in [0.25, 0.3) is 0 Å². The lowest BCUT2D eigenvalue weighted by Crippen LogP contribution is -2.19. The van der Waals surface area contributed by atoms with Crippen LogP contribution in [0.5, 0.6) is 5.75 Å². The van der Waals surface area contributed by atoms with Crippen molar-refractivity contribution in [3.05, 3.63) is 29.8 Å². The number of alkyl halides is 3. The van der Waals surface area contributed by atoms with Gasteiger partial charge in [0.1, 0.15) is 12.4 Å². The van der Waals surface area contributed by atoms with Crippen LogP contribution in [0.4, 0.5) is 13.2 Å². The van der Waals surface area contributed by atoms with Crippen LogP contribution >= 0.6 is 0 Å². The zero-order valence-electron chi connectivity index (χ0n) is 10.3. The highest BCUT2D eigenvalue weighted by Gasteiger charge is 2.27. The Labute approximate surface area is 104 Å². The van der Waals surface area contributed by atoms with E-state index < -0.39 is 19.6 Å². The second kappa shape index (κ2) is 6.61. The molecule has 0 aliphatic carbocycles. The van der Waals surface area contributed by atoms with Crippen molar-refractivity contribution in [3.63, 3.8) is 0 Å². The summed E-state index contributed by atoms with van der Waals surface area (Å²) < 4.78 is 45.2. The summed E-state index contributed by atoms with van der Waals surface area (Å²) >= 11 is 0. The lowest BCUT2D eigenvalue weighted by atomic mass is 10.1. The van der Waals surface area contributed by atoms with Gasteiger partial charge < -0.3 is 14.8 Å². The van der Waals surface area contributed by atoms with Gasteiger partial charge >= 0.3 is 6.18 Å². The fraction of sp³-hybridized carbons (Fsp3) is 0.500. The van der Waals surface area contributed by atoms with Crippen LogP contribution in [-0.2, 0) is 4.74 Å². The van der Waals surface area contributed by atoms with Crippen LogP contribution in [0.15, 0.2) is 24.3 Å². The van der Waals surface area contributed by atoms with Crippen molar-refractivity contribution < 1.29 is 22.6 Å². The van der Waals surface area contributed by atoms with Crippen LogP contribution in [0.3, 0.4) is 0 Å². The van der Waals surface area contributed by atoms with E-state index in [-0.39, 0.29) is 6.04 Å². The quantitative estimate of drug-likeness (QED) is 0.632. The van der Waals surface area contributed by atoms with E-state index in [1.165, 1.54) is 0 Å². The van der Waals surface area contributed by atoms with E-state index in [4.69, 9.17) is 4.74 Å². The van der Waals surface area contributed by atoms with E-state index in [1.807, 2.05) is 19.1 Å². The molecule has 0 amide bonds. The Balaban J connectivity index is 2.52. The van der Waals surface area contributed by atoms with Crippen molar-refractivity contribution in [3.8, 4) is 5.75 Å². The first-order chi connectivity index (χ1) is 8.44. The molecule has 1 N–H and O–H groups in total. The summed E-state index contributed by atoms with van der Waals surface area (Å²) in [5.41, 5.74) is 0.871. The maximum Gasteiger partial charge on any atom is 0.411 e. The van der Waals surface area contributed by atoms with Gasteiger partial charge in [-0.05, 0) is 20.0 Å². The van der Waals surface area contributed by atoms with Crippen LogP contribution in [-0.4, -0.2) is 26.6 Å². The van der Waals surface area contributed by atoms with E-state index in [1.54, 1.807) is 19.2 Å². The average Bonchev–Trinajstić information content (AvgIpc) is 2.33. The summed E-state index contributed by atoms with van der Waals surface area (Å²) in [4.78, 5) is 0. The lowest BCUT2D eigenvalue weighted by Gasteiger charge is -2.16. The predicted octanol–water partition coefficient (Wildman–Crippen LogP) is 2.88. The van der Waals surface area contributed by atoms with Crippen molar-refractivity contribution in [2.45, 2.75) is 19.1 Å². The van der Waals surface area contributed by atoms with Gasteiger partial charge in [-0.25, -0.2) is 0 Å². The molecular formula is C12H16F3NO2. The van der Waals surface area contributed by atoms with E-state index in [9.17, 15) is 13.2 Å². The van der Waals surface area contributed by atoms with E-state index in [2.05, 4.69) is 10.1 Å². The Morgan fingerprint density at radius 1 is 1.28 bits per heavy atom. The molecule has 0 saturated heterocycles. The van der Waals surface area contributed by atoms with Gasteiger partial charge in [-0.15, -0.1) is 0 Å². The van der Waals surface area contributed by atoms with Gasteiger partial charge in [0.05, 0.1) is 0 Å². The van der Waals surface area contributed by atoms with E-state index in [0.717, 1.165) is 5.56 Å². The molecule has 0 saturated carbocycles. The Hall–Kier alpha value is -1.27. The number of benzene rings is 1. The zero-order valence-corrected chi connectivity index (χ0v) is 10.3. The van der Waals surface area contributed by atoms with Crippen LogP contribution in [0.2, 0.25) is 0 Å². The number of ether oxygens (including phenoxy) is 2. The number of halogens is 3. The fourth-order valence-electron chi connectivity index (χ4n) is 1.39. The summed E-state index contributed by atoms with van der Waals surface area (Å²) in [6, 6.07) is 7.18. The van der Waals surface area contributed by atoms with Crippen molar-refractivity contribution in [2.24, 2.45) is 0 Å². The summed E-state index contributed by atoms with van der Waals surface area (Å²) in [6.07, 6.45) is -4.33. The third-order valence-electron chi connectivity index (χ3n) is 2.38. The van der Waals surface area contributed by atoms with E-state index in [0.29, 0.717) is 5.75 Å². The first kappa shape index (κ1) is 14.8. The molecule has 0 bridgehead atoms. The maximum atomic E-state index is 11.9. The van der Waals surface area contributed by atoms with E-state index >= 15 is 0 Å². The van der Waals surface area contributed by atoms with Gasteiger partial charge in [-0.3, -0.25) is 0 Å². The molecule has 3 nitrogen and oxygen atoms in total. The lowest BCUT2D eigenvalue weighted by molar-refractivity contribution is -0.186. The highest BCUT2D eigenvalue weighted by molar-refractivity contribution is 5.35.